The van der Waals surface area contributed by atoms with Crippen LogP contribution in [-0.2, 0) is 0 Å². The van der Waals surface area contributed by atoms with E-state index in [1.54, 1.807) is 0 Å². The van der Waals surface area contributed by atoms with Crippen LogP contribution in [0.3, 0.4) is 0 Å². The Morgan fingerprint density at radius 3 is 2.76 bits per heavy atom. The number of nitrogens with one attached hydrogen (secondary N) is 2. The highest BCUT2D eigenvalue weighted by Crippen LogP contribution is 2.28. The van der Waals surface area contributed by atoms with Crippen LogP contribution in [0.1, 0.15) is 31.2 Å². The predicted octanol–water partition coefficient (Wildman–Crippen LogP) is 3.39. The normalized spacial score (nSPS) is 16.2. The van der Waals surface area contributed by atoms with Gasteiger partial charge in [0.1, 0.15) is 17.5 Å². The van der Waals surface area contributed by atoms with Crippen LogP contribution in [-0.4, -0.2) is 11.0 Å². The van der Waals surface area contributed by atoms with E-state index >= 15 is 0 Å². The molecule has 1 aromatic heterocycles. The molecular weight excluding hydrogens is 210 g/mol. The lowest BCUT2D eigenvalue weighted by molar-refractivity contribution is 0.752. The maximum absolute atomic E-state index is 9.27. The molecule has 2 aromatic rings. The number of hydrogen-bond donors (Lipinski definition) is 2. The van der Waals surface area contributed by atoms with Crippen LogP contribution in [0.2, 0.25) is 0 Å². The second kappa shape index (κ2) is 4.14. The predicted molar refractivity (Wildman–Crippen MR) is 68.9 cm³/mol. The Morgan fingerprint density at radius 1 is 1.24 bits per heavy atom. The molecule has 0 amide bonds. The molecule has 3 heteroatoms. The molecule has 0 unspecified atom stereocenters. The third kappa shape index (κ3) is 1.76. The number of H-pyrrole nitrogens is 1. The number of anilines is 1. The standard InChI is InChI=1S/C14H15N3/c15-9-12-11-7-3-4-8-13(11)17-14(12)16-10-5-1-2-6-10/h3-4,7-8,10,16-17H,1-2,5-6H2. The van der Waals surface area contributed by atoms with Crippen LogP contribution in [0.15, 0.2) is 24.3 Å². The van der Waals surface area contributed by atoms with Gasteiger partial charge >= 0.3 is 0 Å². The largest absolute Gasteiger partial charge is 0.368 e. The van der Waals surface area contributed by atoms with Crippen molar-refractivity contribution >= 4 is 16.7 Å². The van der Waals surface area contributed by atoms with Gasteiger partial charge in [-0.2, -0.15) is 5.26 Å². The smallest absolute Gasteiger partial charge is 0.122 e. The van der Waals surface area contributed by atoms with Crippen LogP contribution in [0.5, 0.6) is 0 Å². The molecule has 0 radical (unpaired) electrons. The number of hydrogen-bond acceptors (Lipinski definition) is 2. The van der Waals surface area contributed by atoms with Gasteiger partial charge in [0.25, 0.3) is 0 Å². The zero-order valence-electron chi connectivity index (χ0n) is 9.66. The third-order valence-corrected chi connectivity index (χ3v) is 3.52. The fourth-order valence-corrected chi connectivity index (χ4v) is 2.64. The van der Waals surface area contributed by atoms with Gasteiger partial charge in [-0.3, -0.25) is 0 Å². The summed E-state index contributed by atoms with van der Waals surface area (Å²) in [7, 11) is 0. The van der Waals surface area contributed by atoms with Crippen LogP contribution < -0.4 is 5.32 Å². The Hall–Kier alpha value is -1.95. The molecule has 0 aliphatic heterocycles. The lowest BCUT2D eigenvalue weighted by Gasteiger charge is -2.11. The number of aromatic amines is 1. The molecule has 17 heavy (non-hydrogen) atoms. The Balaban J connectivity index is 2.00. The van der Waals surface area contributed by atoms with E-state index in [1.807, 2.05) is 24.3 Å². The molecular formula is C14H15N3. The Bertz CT molecular complexity index is 571. The Labute approximate surface area is 100 Å². The fraction of sp³-hybridized carbons (Fsp3) is 0.357. The minimum Gasteiger partial charge on any atom is -0.368 e. The van der Waals surface area contributed by atoms with Crippen molar-refractivity contribution in [1.82, 2.24) is 4.98 Å². The van der Waals surface area contributed by atoms with E-state index in [0.717, 1.165) is 22.3 Å². The number of benzene rings is 1. The zero-order valence-corrected chi connectivity index (χ0v) is 9.66. The summed E-state index contributed by atoms with van der Waals surface area (Å²) in [5.41, 5.74) is 1.78. The molecule has 0 atom stereocenters. The summed E-state index contributed by atoms with van der Waals surface area (Å²) in [6.45, 7) is 0. The van der Waals surface area contributed by atoms with Crippen LogP contribution in [0, 0.1) is 11.3 Å². The van der Waals surface area contributed by atoms with E-state index in [-0.39, 0.29) is 0 Å². The first-order valence-electron chi connectivity index (χ1n) is 6.16. The van der Waals surface area contributed by atoms with Gasteiger partial charge in [-0.05, 0) is 18.9 Å². The summed E-state index contributed by atoms with van der Waals surface area (Å²) in [6.07, 6.45) is 5.00. The van der Waals surface area contributed by atoms with E-state index in [4.69, 9.17) is 0 Å². The molecule has 1 saturated carbocycles. The minimum absolute atomic E-state index is 0.523. The number of fused-ring (bicyclic) bond motifs is 1. The van der Waals surface area contributed by atoms with E-state index in [9.17, 15) is 5.26 Å². The van der Waals surface area contributed by atoms with Gasteiger partial charge in [0, 0.05) is 16.9 Å². The second-order valence-corrected chi connectivity index (χ2v) is 4.66. The molecule has 1 aromatic carbocycles. The highest BCUT2D eigenvalue weighted by Gasteiger charge is 2.18. The topological polar surface area (TPSA) is 51.6 Å². The van der Waals surface area contributed by atoms with Gasteiger partial charge < -0.3 is 10.3 Å². The van der Waals surface area contributed by atoms with Crippen molar-refractivity contribution in [2.24, 2.45) is 0 Å². The maximum Gasteiger partial charge on any atom is 0.122 e. The van der Waals surface area contributed by atoms with Gasteiger partial charge in [0.2, 0.25) is 0 Å². The Morgan fingerprint density at radius 2 is 2.00 bits per heavy atom. The molecule has 86 valence electrons. The first kappa shape index (κ1) is 10.2. The molecule has 0 spiro atoms. The first-order valence-corrected chi connectivity index (χ1v) is 6.16. The van der Waals surface area contributed by atoms with Gasteiger partial charge in [0.05, 0.1) is 0 Å². The van der Waals surface area contributed by atoms with E-state index < -0.39 is 0 Å². The number of para-hydroxylation sites is 1. The molecule has 3 rings (SSSR count). The van der Waals surface area contributed by atoms with Crippen LogP contribution in [0.25, 0.3) is 10.9 Å². The SMILES string of the molecule is N#Cc1c(NC2CCCC2)[nH]c2ccccc12. The third-order valence-electron chi connectivity index (χ3n) is 3.52. The average Bonchev–Trinajstić information content (AvgIpc) is 2.96. The number of rotatable bonds is 2. The van der Waals surface area contributed by atoms with E-state index in [2.05, 4.69) is 16.4 Å². The van der Waals surface area contributed by atoms with Crippen molar-refractivity contribution in [3.63, 3.8) is 0 Å². The van der Waals surface area contributed by atoms with Crippen molar-refractivity contribution < 1.29 is 0 Å². The zero-order chi connectivity index (χ0) is 11.7. The highest BCUT2D eigenvalue weighted by atomic mass is 15.0. The van der Waals surface area contributed by atoms with Crippen LogP contribution in [0.4, 0.5) is 5.82 Å². The van der Waals surface area contributed by atoms with E-state index in [0.29, 0.717) is 6.04 Å². The fourth-order valence-electron chi connectivity index (χ4n) is 2.64. The van der Waals surface area contributed by atoms with Gasteiger partial charge in [-0.15, -0.1) is 0 Å². The summed E-state index contributed by atoms with van der Waals surface area (Å²) < 4.78 is 0. The number of aromatic nitrogens is 1. The summed E-state index contributed by atoms with van der Waals surface area (Å²) in [5.74, 6) is 0.889. The molecule has 2 N–H and O–H groups in total. The molecule has 3 nitrogen and oxygen atoms in total. The summed E-state index contributed by atoms with van der Waals surface area (Å²) in [5, 5.41) is 13.8. The Kier molecular flexibility index (Phi) is 2.49. The van der Waals surface area contributed by atoms with Gasteiger partial charge in [0.15, 0.2) is 0 Å². The lowest BCUT2D eigenvalue weighted by atomic mass is 10.1. The van der Waals surface area contributed by atoms with Gasteiger partial charge in [-0.25, -0.2) is 0 Å². The molecule has 0 bridgehead atoms. The summed E-state index contributed by atoms with van der Waals surface area (Å²) >= 11 is 0. The number of nitriles is 1. The first-order chi connectivity index (χ1) is 8.38. The minimum atomic E-state index is 0.523. The van der Waals surface area contributed by atoms with Crippen molar-refractivity contribution in [3.8, 4) is 6.07 Å². The monoisotopic (exact) mass is 225 g/mol. The maximum atomic E-state index is 9.27. The van der Waals surface area contributed by atoms with Crippen molar-refractivity contribution in [1.29, 1.82) is 5.26 Å². The van der Waals surface area contributed by atoms with Crippen molar-refractivity contribution in [2.45, 2.75) is 31.7 Å². The summed E-state index contributed by atoms with van der Waals surface area (Å²) in [6, 6.07) is 10.8. The quantitative estimate of drug-likeness (QED) is 0.823. The van der Waals surface area contributed by atoms with Crippen molar-refractivity contribution in [3.05, 3.63) is 29.8 Å². The average molecular weight is 225 g/mol. The molecule has 0 saturated heterocycles. The molecule has 1 fully saturated rings. The molecule has 1 aliphatic carbocycles. The van der Waals surface area contributed by atoms with Crippen LogP contribution >= 0.6 is 0 Å². The van der Waals surface area contributed by atoms with Crippen molar-refractivity contribution in [2.75, 3.05) is 5.32 Å². The molecule has 1 aliphatic rings. The second-order valence-electron chi connectivity index (χ2n) is 4.66. The van der Waals surface area contributed by atoms with E-state index in [1.165, 1.54) is 25.7 Å². The summed E-state index contributed by atoms with van der Waals surface area (Å²) in [4.78, 5) is 3.31. The highest BCUT2D eigenvalue weighted by molar-refractivity contribution is 5.91. The molecule has 1 heterocycles. The lowest BCUT2D eigenvalue weighted by Crippen LogP contribution is -2.15. The number of nitrogens with zero attached hydrogens (tertiary/aromatic N) is 1. The van der Waals surface area contributed by atoms with Gasteiger partial charge in [-0.1, -0.05) is 31.0 Å².